The Morgan fingerprint density at radius 2 is 1.65 bits per heavy atom. The topological polar surface area (TPSA) is 64.4 Å². The SMILES string of the molecule is CN1CCn2c(C(c3cccc4ccccc34)C3CCCC3)nc(=O)c(OCc3ccccc3)c2C1=O. The van der Waals surface area contributed by atoms with Crippen LogP contribution in [0.25, 0.3) is 10.8 Å². The number of fused-ring (bicyclic) bond motifs is 2. The van der Waals surface area contributed by atoms with Crippen molar-refractivity contribution in [3.63, 3.8) is 0 Å². The number of benzene rings is 3. The highest BCUT2D eigenvalue weighted by Crippen LogP contribution is 2.43. The Bertz CT molecular complexity index is 1500. The number of ether oxygens (including phenoxy) is 1. The van der Waals surface area contributed by atoms with E-state index in [1.54, 1.807) is 11.9 Å². The lowest BCUT2D eigenvalue weighted by molar-refractivity contribution is 0.0734. The van der Waals surface area contributed by atoms with Gasteiger partial charge in [0, 0.05) is 26.1 Å². The Hall–Kier alpha value is -3.93. The second kappa shape index (κ2) is 9.85. The average Bonchev–Trinajstić information content (AvgIpc) is 3.46. The summed E-state index contributed by atoms with van der Waals surface area (Å²) in [7, 11) is 1.77. The molecule has 1 aliphatic carbocycles. The molecule has 4 aromatic rings. The summed E-state index contributed by atoms with van der Waals surface area (Å²) < 4.78 is 8.01. The van der Waals surface area contributed by atoms with E-state index in [0.717, 1.165) is 18.4 Å². The summed E-state index contributed by atoms with van der Waals surface area (Å²) >= 11 is 0. The van der Waals surface area contributed by atoms with Crippen LogP contribution in [0, 0.1) is 5.92 Å². The molecule has 1 saturated carbocycles. The van der Waals surface area contributed by atoms with Gasteiger partial charge in [-0.05, 0) is 40.7 Å². The first-order chi connectivity index (χ1) is 18.1. The zero-order valence-corrected chi connectivity index (χ0v) is 21.1. The van der Waals surface area contributed by atoms with Gasteiger partial charge in [-0.15, -0.1) is 0 Å². The van der Waals surface area contributed by atoms with Gasteiger partial charge in [0.25, 0.3) is 5.91 Å². The van der Waals surface area contributed by atoms with Gasteiger partial charge in [-0.1, -0.05) is 85.6 Å². The third kappa shape index (κ3) is 4.31. The molecule has 1 fully saturated rings. The van der Waals surface area contributed by atoms with Gasteiger partial charge < -0.3 is 14.2 Å². The van der Waals surface area contributed by atoms with Crippen LogP contribution in [0.3, 0.4) is 0 Å². The lowest BCUT2D eigenvalue weighted by Gasteiger charge is -2.33. The fraction of sp³-hybridized carbons (Fsp3) is 0.323. The molecule has 0 radical (unpaired) electrons. The monoisotopic (exact) mass is 493 g/mol. The van der Waals surface area contributed by atoms with Crippen molar-refractivity contribution in [3.8, 4) is 5.75 Å². The Balaban J connectivity index is 1.53. The highest BCUT2D eigenvalue weighted by atomic mass is 16.5. The van der Waals surface area contributed by atoms with Crippen molar-refractivity contribution in [2.24, 2.45) is 5.92 Å². The van der Waals surface area contributed by atoms with Crippen LogP contribution in [0.1, 0.15) is 59.0 Å². The lowest BCUT2D eigenvalue weighted by atomic mass is 9.81. The average molecular weight is 494 g/mol. The van der Waals surface area contributed by atoms with Crippen LogP contribution in [0.2, 0.25) is 0 Å². The molecule has 188 valence electrons. The van der Waals surface area contributed by atoms with Crippen molar-refractivity contribution in [2.75, 3.05) is 13.6 Å². The molecule has 6 nitrogen and oxygen atoms in total. The van der Waals surface area contributed by atoms with Crippen molar-refractivity contribution in [2.45, 2.75) is 44.8 Å². The maximum atomic E-state index is 13.6. The fourth-order valence-corrected chi connectivity index (χ4v) is 6.04. The number of carbonyl (C=O) groups is 1. The van der Waals surface area contributed by atoms with Crippen molar-refractivity contribution in [3.05, 3.63) is 106 Å². The lowest BCUT2D eigenvalue weighted by Crippen LogP contribution is -2.42. The van der Waals surface area contributed by atoms with Gasteiger partial charge in [0.2, 0.25) is 5.75 Å². The van der Waals surface area contributed by atoms with E-state index >= 15 is 0 Å². The van der Waals surface area contributed by atoms with E-state index in [1.807, 2.05) is 34.9 Å². The molecule has 2 heterocycles. The van der Waals surface area contributed by atoms with E-state index in [1.165, 1.54) is 29.2 Å². The highest BCUT2D eigenvalue weighted by molar-refractivity contribution is 5.95. The molecule has 1 unspecified atom stereocenters. The first-order valence-electron chi connectivity index (χ1n) is 13.2. The van der Waals surface area contributed by atoms with E-state index in [-0.39, 0.29) is 24.2 Å². The Labute approximate surface area is 216 Å². The summed E-state index contributed by atoms with van der Waals surface area (Å²) in [6.45, 7) is 1.35. The van der Waals surface area contributed by atoms with Crippen LogP contribution in [-0.4, -0.2) is 34.0 Å². The van der Waals surface area contributed by atoms with Crippen LogP contribution >= 0.6 is 0 Å². The van der Waals surface area contributed by atoms with Crippen molar-refractivity contribution >= 4 is 16.7 Å². The maximum Gasteiger partial charge on any atom is 0.316 e. The number of carbonyl (C=O) groups excluding carboxylic acids is 1. The van der Waals surface area contributed by atoms with Crippen molar-refractivity contribution < 1.29 is 9.53 Å². The van der Waals surface area contributed by atoms with Crippen LogP contribution in [0.5, 0.6) is 5.75 Å². The summed E-state index contributed by atoms with van der Waals surface area (Å²) in [4.78, 5) is 33.4. The van der Waals surface area contributed by atoms with E-state index < -0.39 is 5.56 Å². The number of hydrogen-bond donors (Lipinski definition) is 0. The summed E-state index contributed by atoms with van der Waals surface area (Å²) in [6, 6.07) is 24.4. The molecule has 6 rings (SSSR count). The van der Waals surface area contributed by atoms with Crippen LogP contribution in [0.4, 0.5) is 0 Å². The third-order valence-electron chi connectivity index (χ3n) is 7.91. The number of rotatable bonds is 6. The van der Waals surface area contributed by atoms with E-state index in [2.05, 4.69) is 42.5 Å². The highest BCUT2D eigenvalue weighted by Gasteiger charge is 2.37. The molecule has 0 bridgehead atoms. The molecule has 3 aromatic carbocycles. The molecule has 1 amide bonds. The standard InChI is InChI=1S/C31H31N3O3/c1-33-18-19-34-27(31(33)36)28(37-20-21-10-3-2-4-11-21)30(35)32-29(34)26(23-13-5-6-14-23)25-17-9-15-22-12-7-8-16-24(22)25/h2-4,7-12,15-17,23,26H,5-6,13-14,18-20H2,1H3. The molecule has 1 atom stereocenters. The van der Waals surface area contributed by atoms with Gasteiger partial charge in [-0.2, -0.15) is 4.98 Å². The number of nitrogens with zero attached hydrogens (tertiary/aromatic N) is 3. The normalized spacial score (nSPS) is 16.7. The Morgan fingerprint density at radius 1 is 0.919 bits per heavy atom. The minimum absolute atomic E-state index is 0.0484. The zero-order valence-electron chi connectivity index (χ0n) is 21.1. The van der Waals surface area contributed by atoms with Gasteiger partial charge in [0.05, 0.1) is 0 Å². The molecule has 0 N–H and O–H groups in total. The predicted octanol–water partition coefficient (Wildman–Crippen LogP) is 5.38. The van der Waals surface area contributed by atoms with Crippen LogP contribution in [-0.2, 0) is 13.2 Å². The van der Waals surface area contributed by atoms with Crippen LogP contribution < -0.4 is 10.3 Å². The number of amides is 1. The quantitative estimate of drug-likeness (QED) is 0.362. The molecular formula is C31H31N3O3. The second-order valence-electron chi connectivity index (χ2n) is 10.2. The number of hydrogen-bond acceptors (Lipinski definition) is 4. The smallest absolute Gasteiger partial charge is 0.316 e. The van der Waals surface area contributed by atoms with E-state index in [9.17, 15) is 9.59 Å². The predicted molar refractivity (Wildman–Crippen MR) is 144 cm³/mol. The van der Waals surface area contributed by atoms with E-state index in [0.29, 0.717) is 30.5 Å². The summed E-state index contributed by atoms with van der Waals surface area (Å²) in [6.07, 6.45) is 4.50. The minimum atomic E-state index is -0.468. The largest absolute Gasteiger partial charge is 0.481 e. The molecular weight excluding hydrogens is 462 g/mol. The summed E-state index contributed by atoms with van der Waals surface area (Å²) in [5.74, 6) is 0.835. The Morgan fingerprint density at radius 3 is 2.46 bits per heavy atom. The first-order valence-corrected chi connectivity index (χ1v) is 13.2. The maximum absolute atomic E-state index is 13.6. The first kappa shape index (κ1) is 23.5. The van der Waals surface area contributed by atoms with Gasteiger partial charge >= 0.3 is 5.56 Å². The van der Waals surface area contributed by atoms with Gasteiger partial charge in [0.1, 0.15) is 12.4 Å². The number of likely N-dealkylation sites (N-methyl/N-ethyl adjacent to an activating group) is 1. The fourth-order valence-electron chi connectivity index (χ4n) is 6.04. The molecule has 1 aliphatic heterocycles. The zero-order chi connectivity index (χ0) is 25.4. The minimum Gasteiger partial charge on any atom is -0.481 e. The summed E-state index contributed by atoms with van der Waals surface area (Å²) in [5.41, 5.74) is 1.96. The van der Waals surface area contributed by atoms with Gasteiger partial charge in [-0.3, -0.25) is 9.59 Å². The molecule has 0 saturated heterocycles. The molecule has 2 aliphatic rings. The van der Waals surface area contributed by atoms with E-state index in [4.69, 9.17) is 9.72 Å². The van der Waals surface area contributed by atoms with Crippen LogP contribution in [0.15, 0.2) is 77.6 Å². The number of aromatic nitrogens is 2. The van der Waals surface area contributed by atoms with Gasteiger partial charge in [0.15, 0.2) is 5.69 Å². The second-order valence-corrected chi connectivity index (χ2v) is 10.2. The van der Waals surface area contributed by atoms with Gasteiger partial charge in [-0.25, -0.2) is 0 Å². The Kier molecular flexibility index (Phi) is 6.25. The molecule has 37 heavy (non-hydrogen) atoms. The third-order valence-corrected chi connectivity index (χ3v) is 7.91. The van der Waals surface area contributed by atoms with Crippen molar-refractivity contribution in [1.82, 2.24) is 14.5 Å². The molecule has 0 spiro atoms. The summed E-state index contributed by atoms with van der Waals surface area (Å²) in [5, 5.41) is 2.34. The van der Waals surface area contributed by atoms with Crippen molar-refractivity contribution in [1.29, 1.82) is 0 Å². The molecule has 6 heteroatoms. The molecule has 1 aromatic heterocycles.